The monoisotopic (exact) mass is 475 g/mol. The third-order valence-electron chi connectivity index (χ3n) is 5.15. The van der Waals surface area contributed by atoms with Gasteiger partial charge in [-0.05, 0) is 55.5 Å². The van der Waals surface area contributed by atoms with Crippen molar-refractivity contribution in [2.45, 2.75) is 44.6 Å². The van der Waals surface area contributed by atoms with Crippen LogP contribution in [0.5, 0.6) is 11.5 Å². The maximum Gasteiger partial charge on any atom is 0.402 e. The molecule has 3 aromatic rings. The van der Waals surface area contributed by atoms with E-state index in [9.17, 15) is 0 Å². The SMILES string of the molecule is COc1ccc(Cc2nc3cc(Cl)cc(C/C=N\O)c3o2)cc1OC1CCCC1.NC(=O)O. The van der Waals surface area contributed by atoms with E-state index in [0.717, 1.165) is 35.5 Å². The van der Waals surface area contributed by atoms with Gasteiger partial charge in [-0.25, -0.2) is 9.78 Å². The molecule has 33 heavy (non-hydrogen) atoms. The van der Waals surface area contributed by atoms with Crippen LogP contribution < -0.4 is 15.2 Å². The lowest BCUT2D eigenvalue weighted by Crippen LogP contribution is -2.11. The van der Waals surface area contributed by atoms with Gasteiger partial charge in [-0.2, -0.15) is 0 Å². The van der Waals surface area contributed by atoms with Crippen molar-refractivity contribution < 1.29 is 29.0 Å². The number of oxime groups is 1. The Bertz CT molecular complexity index is 1120. The molecule has 1 saturated carbocycles. The summed E-state index contributed by atoms with van der Waals surface area (Å²) < 4.78 is 17.6. The van der Waals surface area contributed by atoms with Crippen molar-refractivity contribution in [2.75, 3.05) is 7.11 Å². The van der Waals surface area contributed by atoms with Crippen molar-refractivity contribution in [1.29, 1.82) is 0 Å². The van der Waals surface area contributed by atoms with Gasteiger partial charge in [0.25, 0.3) is 0 Å². The highest BCUT2D eigenvalue weighted by Crippen LogP contribution is 2.33. The van der Waals surface area contributed by atoms with Gasteiger partial charge in [-0.15, -0.1) is 5.16 Å². The number of carbonyl (C=O) groups is 1. The van der Waals surface area contributed by atoms with Crippen molar-refractivity contribution in [2.24, 2.45) is 10.9 Å². The van der Waals surface area contributed by atoms with Gasteiger partial charge in [0, 0.05) is 29.6 Å². The van der Waals surface area contributed by atoms with Crippen LogP contribution in [0.25, 0.3) is 11.1 Å². The zero-order valence-electron chi connectivity index (χ0n) is 18.2. The van der Waals surface area contributed by atoms with Gasteiger partial charge >= 0.3 is 6.09 Å². The van der Waals surface area contributed by atoms with E-state index in [2.05, 4.69) is 15.9 Å². The van der Waals surface area contributed by atoms with Gasteiger partial charge < -0.3 is 29.9 Å². The normalized spacial score (nSPS) is 13.8. The fourth-order valence-electron chi connectivity index (χ4n) is 3.76. The minimum Gasteiger partial charge on any atom is -0.493 e. The van der Waals surface area contributed by atoms with Crippen LogP contribution in [0, 0.1) is 0 Å². The van der Waals surface area contributed by atoms with E-state index in [4.69, 9.17) is 40.6 Å². The zero-order chi connectivity index (χ0) is 23.8. The van der Waals surface area contributed by atoms with Crippen LogP contribution in [0.2, 0.25) is 5.02 Å². The highest BCUT2D eigenvalue weighted by molar-refractivity contribution is 6.31. The average molecular weight is 476 g/mol. The lowest BCUT2D eigenvalue weighted by atomic mass is 10.1. The van der Waals surface area contributed by atoms with Crippen molar-refractivity contribution >= 4 is 35.0 Å². The summed E-state index contributed by atoms with van der Waals surface area (Å²) in [5, 5.41) is 19.5. The summed E-state index contributed by atoms with van der Waals surface area (Å²) in [6.07, 6.45) is 5.82. The summed E-state index contributed by atoms with van der Waals surface area (Å²) in [6.45, 7) is 0. The zero-order valence-corrected chi connectivity index (χ0v) is 18.9. The summed E-state index contributed by atoms with van der Waals surface area (Å²) in [5.41, 5.74) is 7.21. The first-order chi connectivity index (χ1) is 15.9. The number of rotatable bonds is 7. The number of ether oxygens (including phenoxy) is 2. The quantitative estimate of drug-likeness (QED) is 0.247. The minimum atomic E-state index is -1.33. The number of oxazole rings is 1. The maximum absolute atomic E-state index is 8.78. The second-order valence-electron chi connectivity index (χ2n) is 7.55. The molecular formula is C23H26ClN3O6. The molecule has 0 saturated heterocycles. The molecule has 1 amide bonds. The van der Waals surface area contributed by atoms with Crippen molar-refractivity contribution in [1.82, 2.24) is 4.98 Å². The van der Waals surface area contributed by atoms with E-state index in [1.807, 2.05) is 18.2 Å². The number of hydrogen-bond acceptors (Lipinski definition) is 7. The molecule has 4 N–H and O–H groups in total. The van der Waals surface area contributed by atoms with Gasteiger partial charge in [0.1, 0.15) is 5.52 Å². The van der Waals surface area contributed by atoms with E-state index >= 15 is 0 Å². The lowest BCUT2D eigenvalue weighted by molar-refractivity contribution is 0.200. The molecule has 9 nitrogen and oxygen atoms in total. The first-order valence-electron chi connectivity index (χ1n) is 10.4. The van der Waals surface area contributed by atoms with E-state index in [1.165, 1.54) is 19.1 Å². The van der Waals surface area contributed by atoms with Gasteiger partial charge in [-0.1, -0.05) is 17.7 Å². The molecule has 0 bridgehead atoms. The molecule has 10 heteroatoms. The van der Waals surface area contributed by atoms with E-state index in [-0.39, 0.29) is 6.10 Å². The number of carboxylic acid groups (broad SMARTS) is 1. The molecule has 0 radical (unpaired) electrons. The summed E-state index contributed by atoms with van der Waals surface area (Å²) in [5.74, 6) is 2.08. The number of halogens is 1. The minimum absolute atomic E-state index is 0.251. The molecule has 1 fully saturated rings. The number of aromatic nitrogens is 1. The number of nitrogens with two attached hydrogens (primary N) is 1. The van der Waals surface area contributed by atoms with Gasteiger partial charge in [-0.3, -0.25) is 0 Å². The van der Waals surface area contributed by atoms with Crippen LogP contribution in [0.4, 0.5) is 4.79 Å². The van der Waals surface area contributed by atoms with Crippen molar-refractivity contribution in [3.63, 3.8) is 0 Å². The van der Waals surface area contributed by atoms with Crippen LogP contribution in [0.3, 0.4) is 0 Å². The Labute approximate surface area is 195 Å². The van der Waals surface area contributed by atoms with Crippen LogP contribution in [-0.4, -0.2) is 40.8 Å². The Morgan fingerprint density at radius 2 is 2.03 bits per heavy atom. The smallest absolute Gasteiger partial charge is 0.402 e. The van der Waals surface area contributed by atoms with Gasteiger partial charge in [0.15, 0.2) is 23.0 Å². The number of hydrogen-bond donors (Lipinski definition) is 3. The predicted molar refractivity (Wildman–Crippen MR) is 124 cm³/mol. The number of benzene rings is 2. The summed E-state index contributed by atoms with van der Waals surface area (Å²) in [6, 6.07) is 9.47. The van der Waals surface area contributed by atoms with Gasteiger partial charge in [0.2, 0.25) is 0 Å². The van der Waals surface area contributed by atoms with Crippen LogP contribution in [0.1, 0.15) is 42.7 Å². The standard InChI is InChI=1S/C22H23ClN2O4.CH3NO2/c1-27-19-7-6-14(10-20(19)28-17-4-2-3-5-17)11-21-25-18-13-16(23)12-15(8-9-24-26)22(18)29-21;2-1(3)4/h6-7,9-10,12-13,17,26H,2-5,8,11H2,1H3;2H2,(H,3,4)/b24-9-;. The Kier molecular flexibility index (Phi) is 8.37. The first-order valence-corrected chi connectivity index (χ1v) is 10.8. The second-order valence-corrected chi connectivity index (χ2v) is 7.98. The molecule has 0 atom stereocenters. The number of fused-ring (bicyclic) bond motifs is 1. The molecule has 0 aliphatic heterocycles. The van der Waals surface area contributed by atoms with E-state index in [1.54, 1.807) is 19.2 Å². The lowest BCUT2D eigenvalue weighted by Gasteiger charge is -2.16. The number of nitrogens with zero attached hydrogens (tertiary/aromatic N) is 2. The van der Waals surface area contributed by atoms with Crippen LogP contribution >= 0.6 is 11.6 Å². The molecule has 1 aliphatic carbocycles. The Hall–Kier alpha value is -3.46. The van der Waals surface area contributed by atoms with E-state index < -0.39 is 6.09 Å². The molecule has 4 rings (SSSR count). The molecular weight excluding hydrogens is 450 g/mol. The molecule has 176 valence electrons. The van der Waals surface area contributed by atoms with Crippen LogP contribution in [-0.2, 0) is 12.8 Å². The Morgan fingerprint density at radius 3 is 2.70 bits per heavy atom. The maximum atomic E-state index is 8.78. The second kappa shape index (κ2) is 11.4. The molecule has 0 spiro atoms. The average Bonchev–Trinajstić information content (AvgIpc) is 3.41. The fraction of sp³-hybridized carbons (Fsp3) is 0.348. The summed E-state index contributed by atoms with van der Waals surface area (Å²) in [4.78, 5) is 13.4. The largest absolute Gasteiger partial charge is 0.493 e. The van der Waals surface area contributed by atoms with Crippen LogP contribution in [0.15, 0.2) is 39.9 Å². The third kappa shape index (κ3) is 6.76. The Balaban J connectivity index is 0.000000709. The highest BCUT2D eigenvalue weighted by atomic mass is 35.5. The molecule has 1 aromatic heterocycles. The van der Waals surface area contributed by atoms with Crippen molar-refractivity contribution in [3.8, 4) is 11.5 Å². The van der Waals surface area contributed by atoms with Gasteiger partial charge in [0.05, 0.1) is 13.2 Å². The number of amides is 1. The molecule has 0 unspecified atom stereocenters. The summed E-state index contributed by atoms with van der Waals surface area (Å²) in [7, 11) is 1.65. The molecule has 1 aliphatic rings. The molecule has 1 heterocycles. The number of primary amides is 1. The van der Waals surface area contributed by atoms with E-state index in [0.29, 0.717) is 34.9 Å². The topological polar surface area (TPSA) is 140 Å². The fourth-order valence-corrected chi connectivity index (χ4v) is 4.00. The summed E-state index contributed by atoms with van der Waals surface area (Å²) >= 11 is 6.19. The predicted octanol–water partition coefficient (Wildman–Crippen LogP) is 5.03. The van der Waals surface area contributed by atoms with Crippen molar-refractivity contribution in [3.05, 3.63) is 52.4 Å². The first kappa shape index (κ1) is 24.2. The number of methoxy groups -OCH3 is 1. The third-order valence-corrected chi connectivity index (χ3v) is 5.37. The highest BCUT2D eigenvalue weighted by Gasteiger charge is 2.19. The molecule has 2 aromatic carbocycles. The Morgan fingerprint density at radius 1 is 1.30 bits per heavy atom.